The van der Waals surface area contributed by atoms with Crippen LogP contribution in [0.4, 0.5) is 5.69 Å². The van der Waals surface area contributed by atoms with Gasteiger partial charge in [-0.3, -0.25) is 9.59 Å². The molecule has 0 unspecified atom stereocenters. The van der Waals surface area contributed by atoms with Crippen molar-refractivity contribution in [3.8, 4) is 11.6 Å². The Kier molecular flexibility index (Phi) is 5.06. The van der Waals surface area contributed by atoms with Gasteiger partial charge in [0.05, 0.1) is 17.1 Å². The van der Waals surface area contributed by atoms with Crippen molar-refractivity contribution < 1.29 is 19.3 Å². The lowest BCUT2D eigenvalue weighted by molar-refractivity contribution is -0.576. The first-order valence-electron chi connectivity index (χ1n) is 10.6. The van der Waals surface area contributed by atoms with E-state index in [1.807, 2.05) is 37.3 Å². The molecule has 3 heterocycles. The fourth-order valence-electron chi connectivity index (χ4n) is 4.03. The minimum absolute atomic E-state index is 0.0593. The van der Waals surface area contributed by atoms with E-state index in [1.165, 1.54) is 4.68 Å². The third-order valence-corrected chi connectivity index (χ3v) is 5.55. The molecule has 0 saturated heterocycles. The number of nitrogens with zero attached hydrogens (tertiary/aromatic N) is 4. The van der Waals surface area contributed by atoms with Gasteiger partial charge in [-0.25, -0.2) is 9.58 Å². The van der Waals surface area contributed by atoms with E-state index in [9.17, 15) is 14.7 Å². The van der Waals surface area contributed by atoms with E-state index >= 15 is 0 Å². The first-order chi connectivity index (χ1) is 16.1. The van der Waals surface area contributed by atoms with Crippen LogP contribution in [0.2, 0.25) is 0 Å². The highest BCUT2D eigenvalue weighted by molar-refractivity contribution is 6.53. The summed E-state index contributed by atoms with van der Waals surface area (Å²) in [6.07, 6.45) is 3.80. The third kappa shape index (κ3) is 3.30. The number of carbonyl (C=O) groups is 2. The van der Waals surface area contributed by atoms with Gasteiger partial charge < -0.3 is 5.11 Å². The van der Waals surface area contributed by atoms with Crippen LogP contribution in [0.15, 0.2) is 91.3 Å². The molecule has 0 atom stereocenters. The molecule has 0 bridgehead atoms. The Morgan fingerprint density at radius 2 is 1.39 bits per heavy atom. The van der Waals surface area contributed by atoms with Crippen LogP contribution in [-0.2, 0) is 16.0 Å². The van der Waals surface area contributed by atoms with Crippen molar-refractivity contribution in [3.63, 3.8) is 0 Å². The number of hydrogen-bond donors (Lipinski definition) is 0. The highest BCUT2D eigenvalue weighted by atomic mass is 16.3. The molecule has 2 amide bonds. The first kappa shape index (κ1) is 20.4. The van der Waals surface area contributed by atoms with E-state index in [2.05, 4.69) is 5.10 Å². The molecular formula is C26H20N4O3. The molecule has 7 heteroatoms. The van der Waals surface area contributed by atoms with Gasteiger partial charge in [0.1, 0.15) is 5.57 Å². The highest BCUT2D eigenvalue weighted by Crippen LogP contribution is 2.38. The molecule has 2 aromatic carbocycles. The molecule has 1 aliphatic rings. The lowest BCUT2D eigenvalue weighted by Crippen LogP contribution is -2.39. The van der Waals surface area contributed by atoms with Gasteiger partial charge in [0.25, 0.3) is 11.6 Å². The number of aryl methyl sites for hydroxylation is 1. The summed E-state index contributed by atoms with van der Waals surface area (Å²) in [5.41, 5.74) is 1.84. The molecule has 0 saturated carbocycles. The van der Waals surface area contributed by atoms with Crippen molar-refractivity contribution in [2.45, 2.75) is 13.3 Å². The minimum atomic E-state index is -0.544. The maximum Gasteiger partial charge on any atom is 0.331 e. The number of anilines is 1. The average Bonchev–Trinajstić information content (AvgIpc) is 3.32. The summed E-state index contributed by atoms with van der Waals surface area (Å²) in [5, 5.41) is 18.1. The highest BCUT2D eigenvalue weighted by Gasteiger charge is 2.47. The molecule has 2 aromatic heterocycles. The molecule has 0 fully saturated rings. The van der Waals surface area contributed by atoms with E-state index < -0.39 is 17.7 Å². The molecule has 1 aliphatic heterocycles. The second-order valence-corrected chi connectivity index (χ2v) is 7.52. The topological polar surface area (TPSA) is 82.1 Å². The normalized spacial score (nSPS) is 13.8. The number of benzene rings is 2. The van der Waals surface area contributed by atoms with Crippen molar-refractivity contribution in [2.75, 3.05) is 4.90 Å². The summed E-state index contributed by atoms with van der Waals surface area (Å²) in [6.45, 7) is 1.87. The Morgan fingerprint density at radius 3 is 2.00 bits per heavy atom. The number of carbonyl (C=O) groups excluding carboxylic acids is 2. The molecule has 0 aliphatic carbocycles. The second-order valence-electron chi connectivity index (χ2n) is 7.52. The van der Waals surface area contributed by atoms with Gasteiger partial charge in [-0.2, -0.15) is 9.67 Å². The monoisotopic (exact) mass is 436 g/mol. The van der Waals surface area contributed by atoms with Gasteiger partial charge in [-0.05, 0) is 36.6 Å². The van der Waals surface area contributed by atoms with Crippen molar-refractivity contribution in [3.05, 3.63) is 103 Å². The predicted molar refractivity (Wildman–Crippen MR) is 121 cm³/mol. The van der Waals surface area contributed by atoms with Crippen LogP contribution in [-0.4, -0.2) is 21.6 Å². The molecule has 0 radical (unpaired) electrons. The summed E-state index contributed by atoms with van der Waals surface area (Å²) in [7, 11) is 0. The smallest absolute Gasteiger partial charge is 0.331 e. The molecule has 5 rings (SSSR count). The van der Waals surface area contributed by atoms with Crippen molar-refractivity contribution in [1.82, 2.24) is 9.78 Å². The fourth-order valence-corrected chi connectivity index (χ4v) is 4.03. The molecular weight excluding hydrogens is 416 g/mol. The summed E-state index contributed by atoms with van der Waals surface area (Å²) in [4.78, 5) is 28.4. The average molecular weight is 436 g/mol. The molecule has 33 heavy (non-hydrogen) atoms. The summed E-state index contributed by atoms with van der Waals surface area (Å²) >= 11 is 0. The van der Waals surface area contributed by atoms with E-state index in [0.717, 1.165) is 4.90 Å². The van der Waals surface area contributed by atoms with Crippen LogP contribution >= 0.6 is 0 Å². The summed E-state index contributed by atoms with van der Waals surface area (Å²) in [5.74, 6) is -1.47. The number of amides is 2. The van der Waals surface area contributed by atoms with Gasteiger partial charge in [0.15, 0.2) is 12.4 Å². The van der Waals surface area contributed by atoms with Crippen molar-refractivity contribution in [2.24, 2.45) is 0 Å². The van der Waals surface area contributed by atoms with Crippen molar-refractivity contribution in [1.29, 1.82) is 0 Å². The number of imide groups is 1. The lowest BCUT2D eigenvalue weighted by Gasteiger charge is -2.15. The maximum atomic E-state index is 13.7. The Labute approximate surface area is 190 Å². The number of hydrogen-bond acceptors (Lipinski definition) is 4. The summed E-state index contributed by atoms with van der Waals surface area (Å²) < 4.78 is 2.87. The van der Waals surface area contributed by atoms with Gasteiger partial charge in [-0.1, -0.05) is 49.4 Å². The van der Waals surface area contributed by atoms with Gasteiger partial charge in [0.2, 0.25) is 0 Å². The first-order valence-corrected chi connectivity index (χ1v) is 10.6. The number of aromatic nitrogens is 3. The van der Waals surface area contributed by atoms with E-state index in [4.69, 9.17) is 0 Å². The Balaban J connectivity index is 1.77. The Hall–Kier alpha value is -4.52. The molecule has 0 spiro atoms. The number of pyridine rings is 1. The quantitative estimate of drug-likeness (QED) is 0.356. The standard InChI is InChI=1S/C26H20N4O3/c1-2-20-21(25(32)30(27-20)19-14-8-4-9-15-19)22-23(28-16-10-5-11-17-28)26(33)29(24(22)31)18-12-6-3-7-13-18/h3-17H,2H2,1H3. The summed E-state index contributed by atoms with van der Waals surface area (Å²) in [6, 6.07) is 23.1. The lowest BCUT2D eigenvalue weighted by atomic mass is 10.0. The van der Waals surface area contributed by atoms with Crippen LogP contribution < -0.4 is 14.6 Å². The third-order valence-electron chi connectivity index (χ3n) is 5.55. The fraction of sp³-hybridized carbons (Fsp3) is 0.0769. The van der Waals surface area contributed by atoms with E-state index in [1.54, 1.807) is 65.5 Å². The molecule has 162 valence electrons. The largest absolute Gasteiger partial charge is 0.858 e. The molecule has 7 nitrogen and oxygen atoms in total. The zero-order valence-corrected chi connectivity index (χ0v) is 17.9. The van der Waals surface area contributed by atoms with Crippen LogP contribution in [0.1, 0.15) is 18.2 Å². The minimum Gasteiger partial charge on any atom is -0.858 e. The SMILES string of the molecule is CCc1nn(-c2ccccc2)c([O-])c1C1=C([n+]2ccccc2)C(=O)N(c2ccccc2)C1=O. The van der Waals surface area contributed by atoms with Crippen LogP contribution in [0, 0.1) is 0 Å². The zero-order chi connectivity index (χ0) is 22.9. The molecule has 4 aromatic rings. The zero-order valence-electron chi connectivity index (χ0n) is 17.9. The predicted octanol–water partition coefficient (Wildman–Crippen LogP) is 2.74. The Bertz CT molecular complexity index is 1380. The van der Waals surface area contributed by atoms with Gasteiger partial charge in [-0.15, -0.1) is 0 Å². The van der Waals surface area contributed by atoms with Crippen molar-refractivity contribution >= 4 is 28.8 Å². The van der Waals surface area contributed by atoms with E-state index in [0.29, 0.717) is 23.5 Å². The maximum absolute atomic E-state index is 13.7. The number of para-hydroxylation sites is 2. The van der Waals surface area contributed by atoms with Crippen LogP contribution in [0.25, 0.3) is 17.0 Å². The van der Waals surface area contributed by atoms with Crippen LogP contribution in [0.5, 0.6) is 5.88 Å². The second kappa shape index (κ2) is 8.20. The van der Waals surface area contributed by atoms with Gasteiger partial charge in [0, 0.05) is 17.7 Å². The number of rotatable bonds is 5. The van der Waals surface area contributed by atoms with Gasteiger partial charge >= 0.3 is 5.91 Å². The van der Waals surface area contributed by atoms with Crippen LogP contribution in [0.3, 0.4) is 0 Å². The molecule has 0 N–H and O–H groups in total. The Morgan fingerprint density at radius 1 is 0.818 bits per heavy atom. The van der Waals surface area contributed by atoms with E-state index in [-0.39, 0.29) is 16.8 Å².